The largest absolute Gasteiger partial charge is 0.497 e. The van der Waals surface area contributed by atoms with E-state index < -0.39 is 0 Å². The SMILES string of the molecule is COc1ccc2[nH]cc(CCNc3nccc(Nc4cccc5[nH]cnc45)n3)c2c1. The Morgan fingerprint density at radius 3 is 2.93 bits per heavy atom. The Bertz CT molecular complexity index is 1310. The van der Waals surface area contributed by atoms with Crippen molar-refractivity contribution >= 4 is 39.4 Å². The molecule has 0 saturated heterocycles. The number of hydrogen-bond acceptors (Lipinski definition) is 6. The highest BCUT2D eigenvalue weighted by Crippen LogP contribution is 2.25. The molecule has 3 heterocycles. The molecule has 0 bridgehead atoms. The first-order valence-electron chi connectivity index (χ1n) is 9.70. The topological polar surface area (TPSA) is 104 Å². The van der Waals surface area contributed by atoms with Crippen LogP contribution in [0.3, 0.4) is 0 Å². The van der Waals surface area contributed by atoms with Gasteiger partial charge < -0.3 is 25.3 Å². The minimum Gasteiger partial charge on any atom is -0.497 e. The number of ether oxygens (including phenoxy) is 1. The third-order valence-corrected chi connectivity index (χ3v) is 5.02. The molecule has 8 nitrogen and oxygen atoms in total. The van der Waals surface area contributed by atoms with Crippen LogP contribution in [0.4, 0.5) is 17.5 Å². The highest BCUT2D eigenvalue weighted by molar-refractivity contribution is 5.89. The lowest BCUT2D eigenvalue weighted by atomic mass is 10.1. The molecule has 0 saturated carbocycles. The van der Waals surface area contributed by atoms with Gasteiger partial charge in [0.1, 0.15) is 17.1 Å². The summed E-state index contributed by atoms with van der Waals surface area (Å²) in [5, 5.41) is 7.79. The number of fused-ring (bicyclic) bond motifs is 2. The number of aromatic nitrogens is 5. The first-order valence-corrected chi connectivity index (χ1v) is 9.70. The highest BCUT2D eigenvalue weighted by Gasteiger charge is 2.07. The zero-order valence-corrected chi connectivity index (χ0v) is 16.4. The van der Waals surface area contributed by atoms with E-state index in [0.717, 1.165) is 34.4 Å². The maximum atomic E-state index is 5.34. The number of nitrogens with zero attached hydrogens (tertiary/aromatic N) is 3. The lowest BCUT2D eigenvalue weighted by Crippen LogP contribution is -2.08. The molecule has 5 rings (SSSR count). The van der Waals surface area contributed by atoms with Crippen molar-refractivity contribution in [1.29, 1.82) is 0 Å². The summed E-state index contributed by atoms with van der Waals surface area (Å²) >= 11 is 0. The third-order valence-electron chi connectivity index (χ3n) is 5.02. The molecule has 0 unspecified atom stereocenters. The van der Waals surface area contributed by atoms with E-state index in [1.165, 1.54) is 10.9 Å². The zero-order valence-electron chi connectivity index (χ0n) is 16.4. The standard InChI is InChI=1S/C22H21N7O/c1-30-15-5-6-17-16(11-15)14(12-25-17)7-9-23-22-24-10-8-20(29-22)28-19-4-2-3-18-21(19)27-13-26-18/h2-6,8,10-13,25H,7,9H2,1H3,(H,26,27)(H2,23,24,28,29). The molecule has 0 amide bonds. The molecule has 0 radical (unpaired) electrons. The van der Waals surface area contributed by atoms with Gasteiger partial charge in [0.25, 0.3) is 0 Å². The molecule has 4 N–H and O–H groups in total. The third kappa shape index (κ3) is 3.50. The second kappa shape index (κ2) is 7.75. The highest BCUT2D eigenvalue weighted by atomic mass is 16.5. The quantitative estimate of drug-likeness (QED) is 0.326. The van der Waals surface area contributed by atoms with Gasteiger partial charge in [-0.25, -0.2) is 9.97 Å². The van der Waals surface area contributed by atoms with Gasteiger partial charge in [0.05, 0.1) is 24.6 Å². The number of anilines is 3. The Morgan fingerprint density at radius 2 is 2.00 bits per heavy atom. The fourth-order valence-corrected chi connectivity index (χ4v) is 3.52. The van der Waals surface area contributed by atoms with Crippen LogP contribution < -0.4 is 15.4 Å². The summed E-state index contributed by atoms with van der Waals surface area (Å²) < 4.78 is 5.34. The number of H-pyrrole nitrogens is 2. The smallest absolute Gasteiger partial charge is 0.224 e. The summed E-state index contributed by atoms with van der Waals surface area (Å²) in [6.07, 6.45) is 6.29. The van der Waals surface area contributed by atoms with Crippen LogP contribution in [0.5, 0.6) is 5.75 Å². The van der Waals surface area contributed by atoms with Crippen LogP contribution in [0.15, 0.2) is 61.2 Å². The second-order valence-electron chi connectivity index (χ2n) is 6.90. The first-order chi connectivity index (χ1) is 14.8. The number of imidazole rings is 1. The fourth-order valence-electron chi connectivity index (χ4n) is 3.52. The maximum Gasteiger partial charge on any atom is 0.224 e. The molecule has 30 heavy (non-hydrogen) atoms. The summed E-state index contributed by atoms with van der Waals surface area (Å²) in [4.78, 5) is 19.7. The van der Waals surface area contributed by atoms with Gasteiger partial charge in [-0.3, -0.25) is 0 Å². The molecule has 0 fully saturated rings. The van der Waals surface area contributed by atoms with E-state index in [1.54, 1.807) is 19.6 Å². The van der Waals surface area contributed by atoms with Crippen molar-refractivity contribution in [3.05, 3.63) is 66.7 Å². The van der Waals surface area contributed by atoms with Crippen molar-refractivity contribution in [2.24, 2.45) is 0 Å². The Kier molecular flexibility index (Phi) is 4.65. The van der Waals surface area contributed by atoms with Gasteiger partial charge in [0, 0.05) is 29.8 Å². The molecule has 5 aromatic rings. The average molecular weight is 399 g/mol. The van der Waals surface area contributed by atoms with Crippen molar-refractivity contribution in [1.82, 2.24) is 24.9 Å². The molecular formula is C22H21N7O. The molecule has 0 spiro atoms. The number of aromatic amines is 2. The zero-order chi connectivity index (χ0) is 20.3. The summed E-state index contributed by atoms with van der Waals surface area (Å²) in [5.41, 5.74) is 5.06. The summed E-state index contributed by atoms with van der Waals surface area (Å²) in [7, 11) is 1.68. The van der Waals surface area contributed by atoms with Crippen LogP contribution >= 0.6 is 0 Å². The minimum atomic E-state index is 0.576. The molecule has 3 aromatic heterocycles. The van der Waals surface area contributed by atoms with Gasteiger partial charge in [-0.15, -0.1) is 0 Å². The van der Waals surface area contributed by atoms with Gasteiger partial charge in [-0.2, -0.15) is 4.98 Å². The maximum absolute atomic E-state index is 5.34. The predicted octanol–water partition coefficient (Wildman–Crippen LogP) is 4.24. The number of para-hydroxylation sites is 1. The van der Waals surface area contributed by atoms with Gasteiger partial charge in [-0.1, -0.05) is 6.07 Å². The first kappa shape index (κ1) is 18.0. The van der Waals surface area contributed by atoms with E-state index in [0.29, 0.717) is 18.3 Å². The van der Waals surface area contributed by atoms with Crippen LogP contribution in [-0.2, 0) is 6.42 Å². The number of hydrogen-bond donors (Lipinski definition) is 4. The van der Waals surface area contributed by atoms with E-state index in [1.807, 2.05) is 42.6 Å². The van der Waals surface area contributed by atoms with Gasteiger partial charge in [-0.05, 0) is 48.4 Å². The Labute approximate surface area is 172 Å². The normalized spacial score (nSPS) is 11.1. The van der Waals surface area contributed by atoms with E-state index in [-0.39, 0.29) is 0 Å². The fraction of sp³-hybridized carbons (Fsp3) is 0.136. The molecule has 0 aliphatic carbocycles. The molecule has 2 aromatic carbocycles. The molecule has 0 aliphatic rings. The number of methoxy groups -OCH3 is 1. The van der Waals surface area contributed by atoms with E-state index >= 15 is 0 Å². The number of benzene rings is 2. The molecular weight excluding hydrogens is 378 g/mol. The monoisotopic (exact) mass is 399 g/mol. The Balaban J connectivity index is 1.27. The molecule has 8 heteroatoms. The van der Waals surface area contributed by atoms with Crippen LogP contribution in [0, 0.1) is 0 Å². The number of rotatable bonds is 7. The van der Waals surface area contributed by atoms with E-state index in [9.17, 15) is 0 Å². The summed E-state index contributed by atoms with van der Waals surface area (Å²) in [6.45, 7) is 0.711. The van der Waals surface area contributed by atoms with Gasteiger partial charge in [0.2, 0.25) is 5.95 Å². The lowest BCUT2D eigenvalue weighted by Gasteiger charge is -2.09. The van der Waals surface area contributed by atoms with Crippen molar-refractivity contribution in [3.8, 4) is 5.75 Å². The summed E-state index contributed by atoms with van der Waals surface area (Å²) in [5.74, 6) is 2.14. The molecule has 0 atom stereocenters. The number of nitrogens with one attached hydrogen (secondary N) is 4. The van der Waals surface area contributed by atoms with Crippen molar-refractivity contribution < 1.29 is 4.74 Å². The Hall–Kier alpha value is -4.07. The van der Waals surface area contributed by atoms with Crippen LogP contribution in [0.25, 0.3) is 21.9 Å². The summed E-state index contributed by atoms with van der Waals surface area (Å²) in [6, 6.07) is 13.8. The van der Waals surface area contributed by atoms with Crippen molar-refractivity contribution in [3.63, 3.8) is 0 Å². The van der Waals surface area contributed by atoms with E-state index in [2.05, 4.69) is 41.6 Å². The minimum absolute atomic E-state index is 0.576. The average Bonchev–Trinajstić information content (AvgIpc) is 3.41. The van der Waals surface area contributed by atoms with Gasteiger partial charge >= 0.3 is 0 Å². The van der Waals surface area contributed by atoms with Crippen molar-refractivity contribution in [2.45, 2.75) is 6.42 Å². The Morgan fingerprint density at radius 1 is 1.03 bits per heavy atom. The van der Waals surface area contributed by atoms with Crippen LogP contribution in [0.2, 0.25) is 0 Å². The predicted molar refractivity (Wildman–Crippen MR) is 118 cm³/mol. The van der Waals surface area contributed by atoms with Crippen molar-refractivity contribution in [2.75, 3.05) is 24.3 Å². The van der Waals surface area contributed by atoms with E-state index in [4.69, 9.17) is 4.74 Å². The van der Waals surface area contributed by atoms with Gasteiger partial charge in [0.15, 0.2) is 0 Å². The van der Waals surface area contributed by atoms with Crippen LogP contribution in [0.1, 0.15) is 5.56 Å². The molecule has 150 valence electrons. The second-order valence-corrected chi connectivity index (χ2v) is 6.90. The molecule has 0 aliphatic heterocycles. The van der Waals surface area contributed by atoms with Crippen LogP contribution in [-0.4, -0.2) is 38.6 Å². The lowest BCUT2D eigenvalue weighted by molar-refractivity contribution is 0.415.